The fraction of sp³-hybridized carbons (Fsp3) is 0.462. The van der Waals surface area contributed by atoms with Crippen LogP contribution >= 0.6 is 23.2 Å². The predicted molar refractivity (Wildman–Crippen MR) is 78.1 cm³/mol. The summed E-state index contributed by atoms with van der Waals surface area (Å²) < 4.78 is 1.85. The first-order valence-corrected chi connectivity index (χ1v) is 7.34. The van der Waals surface area contributed by atoms with E-state index in [0.29, 0.717) is 28.6 Å². The van der Waals surface area contributed by atoms with E-state index < -0.39 is 0 Å². The zero-order chi connectivity index (χ0) is 14.3. The number of nitrogens with one attached hydrogen (secondary N) is 1. The number of pyridine rings is 1. The highest BCUT2D eigenvalue weighted by Crippen LogP contribution is 2.31. The van der Waals surface area contributed by atoms with Crippen molar-refractivity contribution in [1.29, 1.82) is 0 Å². The van der Waals surface area contributed by atoms with Crippen molar-refractivity contribution >= 4 is 40.3 Å². The standard InChI is InChI=1S/C13H14Cl2N4O/c1-7(14)11-18-9-5-8(15)6-17-12(9)19(11)10-3-2-4-16-13(10)20/h5-7,10H,2-4H2,1H3,(H,16,20). The number of alkyl halides is 1. The zero-order valence-corrected chi connectivity index (χ0v) is 12.4. The molecule has 1 aliphatic rings. The van der Waals surface area contributed by atoms with E-state index in [2.05, 4.69) is 15.3 Å². The molecule has 1 aliphatic heterocycles. The van der Waals surface area contributed by atoms with Crippen LogP contribution in [0.2, 0.25) is 5.02 Å². The Bertz CT molecular complexity index is 668. The molecule has 1 amide bonds. The molecule has 5 nitrogen and oxygen atoms in total. The van der Waals surface area contributed by atoms with Crippen molar-refractivity contribution in [1.82, 2.24) is 19.9 Å². The van der Waals surface area contributed by atoms with E-state index in [0.717, 1.165) is 12.8 Å². The zero-order valence-electron chi connectivity index (χ0n) is 10.9. The minimum Gasteiger partial charge on any atom is -0.354 e. The van der Waals surface area contributed by atoms with Crippen LogP contribution in [0.3, 0.4) is 0 Å². The average Bonchev–Trinajstić information content (AvgIpc) is 2.78. The summed E-state index contributed by atoms with van der Waals surface area (Å²) in [6.07, 6.45) is 3.25. The lowest BCUT2D eigenvalue weighted by Crippen LogP contribution is -2.38. The third-order valence-corrected chi connectivity index (χ3v) is 3.85. The summed E-state index contributed by atoms with van der Waals surface area (Å²) in [5.74, 6) is 0.643. The molecule has 3 rings (SSSR count). The van der Waals surface area contributed by atoms with Gasteiger partial charge in [0, 0.05) is 12.7 Å². The van der Waals surface area contributed by atoms with Gasteiger partial charge >= 0.3 is 0 Å². The summed E-state index contributed by atoms with van der Waals surface area (Å²) in [6, 6.07) is 1.43. The van der Waals surface area contributed by atoms with Crippen LogP contribution in [0.25, 0.3) is 11.2 Å². The number of rotatable bonds is 2. The molecule has 106 valence electrons. The summed E-state index contributed by atoms with van der Waals surface area (Å²) in [4.78, 5) is 20.9. The molecule has 2 aromatic heterocycles. The highest BCUT2D eigenvalue weighted by molar-refractivity contribution is 6.31. The molecule has 1 saturated heterocycles. The van der Waals surface area contributed by atoms with Gasteiger partial charge in [0.25, 0.3) is 0 Å². The molecule has 0 saturated carbocycles. The molecule has 0 spiro atoms. The second-order valence-electron chi connectivity index (χ2n) is 4.90. The lowest BCUT2D eigenvalue weighted by molar-refractivity contribution is -0.125. The molecule has 2 aromatic rings. The quantitative estimate of drug-likeness (QED) is 0.867. The molecule has 1 fully saturated rings. The van der Waals surface area contributed by atoms with Gasteiger partial charge < -0.3 is 5.32 Å². The molecule has 0 radical (unpaired) electrons. The third-order valence-electron chi connectivity index (χ3n) is 3.45. The summed E-state index contributed by atoms with van der Waals surface area (Å²) in [5, 5.41) is 3.09. The van der Waals surface area contributed by atoms with Crippen molar-refractivity contribution in [2.24, 2.45) is 0 Å². The number of aromatic nitrogens is 3. The molecule has 2 unspecified atom stereocenters. The van der Waals surface area contributed by atoms with Crippen LogP contribution in [0.5, 0.6) is 0 Å². The van der Waals surface area contributed by atoms with Gasteiger partial charge in [-0.2, -0.15) is 0 Å². The van der Waals surface area contributed by atoms with Crippen molar-refractivity contribution in [2.45, 2.75) is 31.2 Å². The lowest BCUT2D eigenvalue weighted by atomic mass is 10.1. The Morgan fingerprint density at radius 1 is 1.55 bits per heavy atom. The maximum absolute atomic E-state index is 12.1. The maximum atomic E-state index is 12.1. The van der Waals surface area contributed by atoms with Crippen molar-refractivity contribution in [3.63, 3.8) is 0 Å². The van der Waals surface area contributed by atoms with Crippen molar-refractivity contribution < 1.29 is 4.79 Å². The van der Waals surface area contributed by atoms with E-state index in [9.17, 15) is 4.79 Å². The highest BCUT2D eigenvalue weighted by atomic mass is 35.5. The molecule has 3 heterocycles. The van der Waals surface area contributed by atoms with Crippen LogP contribution in [-0.4, -0.2) is 27.0 Å². The molecule has 20 heavy (non-hydrogen) atoms. The van der Waals surface area contributed by atoms with Crippen LogP contribution in [0.15, 0.2) is 12.3 Å². The first-order valence-electron chi connectivity index (χ1n) is 6.53. The Kier molecular flexibility index (Phi) is 3.56. The molecule has 2 atom stereocenters. The first-order chi connectivity index (χ1) is 9.58. The van der Waals surface area contributed by atoms with Gasteiger partial charge in [-0.3, -0.25) is 9.36 Å². The number of halogens is 2. The van der Waals surface area contributed by atoms with Crippen molar-refractivity contribution in [2.75, 3.05) is 6.54 Å². The summed E-state index contributed by atoms with van der Waals surface area (Å²) in [7, 11) is 0. The van der Waals surface area contributed by atoms with E-state index in [-0.39, 0.29) is 17.3 Å². The summed E-state index contributed by atoms with van der Waals surface area (Å²) in [6.45, 7) is 2.55. The van der Waals surface area contributed by atoms with Crippen LogP contribution in [0, 0.1) is 0 Å². The molecular formula is C13H14Cl2N4O. The smallest absolute Gasteiger partial charge is 0.243 e. The second-order valence-corrected chi connectivity index (χ2v) is 5.99. The number of carbonyl (C=O) groups excluding carboxylic acids is 1. The third kappa shape index (κ3) is 2.25. The molecular weight excluding hydrogens is 299 g/mol. The second kappa shape index (κ2) is 5.22. The largest absolute Gasteiger partial charge is 0.354 e. The topological polar surface area (TPSA) is 59.8 Å². The SMILES string of the molecule is CC(Cl)c1nc2cc(Cl)cnc2n1C1CCCNC1=O. The highest BCUT2D eigenvalue weighted by Gasteiger charge is 2.29. The van der Waals surface area contributed by atoms with Gasteiger partial charge in [-0.05, 0) is 25.8 Å². The Morgan fingerprint density at radius 3 is 3.05 bits per heavy atom. The molecule has 7 heteroatoms. The number of amides is 1. The number of hydrogen-bond donors (Lipinski definition) is 1. The maximum Gasteiger partial charge on any atom is 0.243 e. The van der Waals surface area contributed by atoms with E-state index in [4.69, 9.17) is 23.2 Å². The number of hydrogen-bond acceptors (Lipinski definition) is 3. The van der Waals surface area contributed by atoms with E-state index in [1.54, 1.807) is 12.3 Å². The number of nitrogens with zero attached hydrogens (tertiary/aromatic N) is 3. The number of piperidine rings is 1. The Hall–Kier alpha value is -1.33. The minimum atomic E-state index is -0.308. The van der Waals surface area contributed by atoms with Gasteiger partial charge in [0.15, 0.2) is 5.65 Å². The number of imidazole rings is 1. The van der Waals surface area contributed by atoms with Gasteiger partial charge in [-0.25, -0.2) is 9.97 Å². The van der Waals surface area contributed by atoms with Crippen LogP contribution < -0.4 is 5.32 Å². The van der Waals surface area contributed by atoms with E-state index in [1.807, 2.05) is 11.5 Å². The van der Waals surface area contributed by atoms with Crippen LogP contribution in [-0.2, 0) is 4.79 Å². The number of fused-ring (bicyclic) bond motifs is 1. The molecule has 0 aromatic carbocycles. The molecule has 0 aliphatic carbocycles. The van der Waals surface area contributed by atoms with Gasteiger partial charge in [0.2, 0.25) is 5.91 Å². The fourth-order valence-corrected chi connectivity index (χ4v) is 2.87. The fourth-order valence-electron chi connectivity index (χ4n) is 2.57. The summed E-state index contributed by atoms with van der Waals surface area (Å²) >= 11 is 12.2. The van der Waals surface area contributed by atoms with E-state index >= 15 is 0 Å². The van der Waals surface area contributed by atoms with Gasteiger partial charge in [0.1, 0.15) is 17.4 Å². The Labute approximate surface area is 126 Å². The number of carbonyl (C=O) groups is 1. The average molecular weight is 313 g/mol. The normalized spacial score (nSPS) is 20.9. The van der Waals surface area contributed by atoms with Gasteiger partial charge in [0.05, 0.1) is 10.4 Å². The van der Waals surface area contributed by atoms with E-state index in [1.165, 1.54) is 0 Å². The van der Waals surface area contributed by atoms with Crippen LogP contribution in [0.1, 0.15) is 37.0 Å². The molecule has 1 N–H and O–H groups in total. The minimum absolute atomic E-state index is 0.00846. The Balaban J connectivity index is 2.20. The summed E-state index contributed by atoms with van der Waals surface area (Å²) in [5.41, 5.74) is 1.32. The lowest BCUT2D eigenvalue weighted by Gasteiger charge is -2.25. The van der Waals surface area contributed by atoms with Gasteiger partial charge in [-0.15, -0.1) is 11.6 Å². The van der Waals surface area contributed by atoms with Crippen LogP contribution in [0.4, 0.5) is 0 Å². The van der Waals surface area contributed by atoms with Crippen molar-refractivity contribution in [3.8, 4) is 0 Å². The first kappa shape index (κ1) is 13.6. The predicted octanol–water partition coefficient (Wildman–Crippen LogP) is 2.84. The van der Waals surface area contributed by atoms with Gasteiger partial charge in [-0.1, -0.05) is 11.6 Å². The monoisotopic (exact) mass is 312 g/mol. The Morgan fingerprint density at radius 2 is 2.35 bits per heavy atom. The van der Waals surface area contributed by atoms with Crippen molar-refractivity contribution in [3.05, 3.63) is 23.1 Å². The molecule has 0 bridgehead atoms.